The molecule has 1 aromatic carbocycles. The van der Waals surface area contributed by atoms with Crippen LogP contribution in [0.25, 0.3) is 10.9 Å². The molecule has 218 valence electrons. The third-order valence-electron chi connectivity index (χ3n) is 8.38. The van der Waals surface area contributed by atoms with Crippen LogP contribution in [0.1, 0.15) is 29.7 Å². The van der Waals surface area contributed by atoms with Crippen molar-refractivity contribution in [3.8, 4) is 6.01 Å². The van der Waals surface area contributed by atoms with Crippen LogP contribution in [0, 0.1) is 0 Å². The van der Waals surface area contributed by atoms with Gasteiger partial charge in [-0.2, -0.15) is 28.2 Å². The third kappa shape index (κ3) is 5.30. The van der Waals surface area contributed by atoms with Crippen LogP contribution < -0.4 is 14.5 Å². The molecule has 2 fully saturated rings. The van der Waals surface area contributed by atoms with Gasteiger partial charge in [0.15, 0.2) is 0 Å². The first-order valence-electron chi connectivity index (χ1n) is 13.9. The van der Waals surface area contributed by atoms with Crippen molar-refractivity contribution in [2.75, 3.05) is 62.7 Å². The first-order chi connectivity index (χ1) is 19.7. The number of alkyl halides is 3. The van der Waals surface area contributed by atoms with E-state index < -0.39 is 11.7 Å². The number of rotatable bonds is 6. The van der Waals surface area contributed by atoms with Crippen molar-refractivity contribution in [3.63, 3.8) is 0 Å². The number of hydrogen-bond acceptors (Lipinski definition) is 8. The topological polar surface area (TPSA) is 93.7 Å². The molecule has 1 atom stereocenters. The van der Waals surface area contributed by atoms with Crippen LogP contribution in [0.15, 0.2) is 31.0 Å². The number of carbonyl (C=O) groups is 1. The van der Waals surface area contributed by atoms with Gasteiger partial charge < -0.3 is 24.3 Å². The first kappa shape index (κ1) is 27.3. The van der Waals surface area contributed by atoms with Gasteiger partial charge in [-0.15, -0.1) is 0 Å². The number of H-pyrrole nitrogens is 1. The van der Waals surface area contributed by atoms with Gasteiger partial charge in [0.1, 0.15) is 12.4 Å². The number of fused-ring (bicyclic) bond motifs is 2. The number of piperazine rings is 1. The Morgan fingerprint density at radius 2 is 1.95 bits per heavy atom. The molecule has 5 heterocycles. The maximum atomic E-state index is 14.2. The van der Waals surface area contributed by atoms with Crippen molar-refractivity contribution in [1.82, 2.24) is 30.0 Å². The molecule has 0 spiro atoms. The number of halogens is 3. The zero-order valence-electron chi connectivity index (χ0n) is 23.0. The lowest BCUT2D eigenvalue weighted by molar-refractivity contribution is -0.137. The summed E-state index contributed by atoms with van der Waals surface area (Å²) in [6, 6.07) is 3.00. The van der Waals surface area contributed by atoms with Crippen LogP contribution in [0.3, 0.4) is 0 Å². The van der Waals surface area contributed by atoms with E-state index in [2.05, 4.69) is 33.6 Å². The Balaban J connectivity index is 1.34. The number of aromatic nitrogens is 4. The summed E-state index contributed by atoms with van der Waals surface area (Å²) < 4.78 is 48.6. The average Bonchev–Trinajstić information content (AvgIpc) is 3.62. The number of likely N-dealkylation sites (N-methyl/N-ethyl adjacent to an activating group) is 1. The Kier molecular flexibility index (Phi) is 7.22. The Bertz CT molecular complexity index is 1450. The SMILES string of the molecule is C=CC(=O)N1CCN(c2nc(OCC3CCCN3C)nc3c2CCN(c2c(C(F)(F)F)ccc4[nH]ncc24)C3)CC1. The van der Waals surface area contributed by atoms with Gasteiger partial charge in [0.05, 0.1) is 35.2 Å². The summed E-state index contributed by atoms with van der Waals surface area (Å²) in [4.78, 5) is 29.5. The number of amides is 1. The van der Waals surface area contributed by atoms with Crippen molar-refractivity contribution >= 4 is 28.3 Å². The summed E-state index contributed by atoms with van der Waals surface area (Å²) >= 11 is 0. The van der Waals surface area contributed by atoms with E-state index in [1.807, 2.05) is 0 Å². The maximum Gasteiger partial charge on any atom is 0.418 e. The molecule has 41 heavy (non-hydrogen) atoms. The fourth-order valence-corrected chi connectivity index (χ4v) is 6.11. The molecule has 6 rings (SSSR count). The van der Waals surface area contributed by atoms with Gasteiger partial charge in [-0.1, -0.05) is 6.58 Å². The van der Waals surface area contributed by atoms with E-state index in [-0.39, 0.29) is 30.2 Å². The highest BCUT2D eigenvalue weighted by molar-refractivity contribution is 5.94. The molecule has 1 N–H and O–H groups in total. The molecule has 1 amide bonds. The standard InChI is InChI=1S/C28H33F3N8O2/c1-3-24(40)37-11-13-38(14-12-37)26-19-8-10-39(25-20-15-32-35-22(20)7-6-21(25)28(29,30)31)16-23(19)33-27(34-26)41-17-18-5-4-9-36(18)2/h3,6-7,15,18H,1,4-5,8-14,16-17H2,2H3,(H,32,35). The summed E-state index contributed by atoms with van der Waals surface area (Å²) in [6.07, 6.45) is 0.826. The smallest absolute Gasteiger partial charge is 0.418 e. The number of benzene rings is 1. The summed E-state index contributed by atoms with van der Waals surface area (Å²) in [6.45, 7) is 7.76. The third-order valence-corrected chi connectivity index (χ3v) is 8.38. The minimum Gasteiger partial charge on any atom is -0.462 e. The summed E-state index contributed by atoms with van der Waals surface area (Å²) in [5.41, 5.74) is 1.49. The van der Waals surface area contributed by atoms with Gasteiger partial charge in [0, 0.05) is 49.7 Å². The fourth-order valence-electron chi connectivity index (χ4n) is 6.11. The number of anilines is 2. The predicted octanol–water partition coefficient (Wildman–Crippen LogP) is 3.24. The van der Waals surface area contributed by atoms with Crippen molar-refractivity contribution in [2.24, 2.45) is 0 Å². The lowest BCUT2D eigenvalue weighted by Gasteiger charge is -2.38. The molecule has 3 aliphatic heterocycles. The number of likely N-dealkylation sites (tertiary alicyclic amines) is 1. The highest BCUT2D eigenvalue weighted by Gasteiger charge is 2.38. The van der Waals surface area contributed by atoms with E-state index in [1.54, 1.807) is 9.80 Å². The highest BCUT2D eigenvalue weighted by atomic mass is 19.4. The number of ether oxygens (including phenoxy) is 1. The number of nitrogens with zero attached hydrogens (tertiary/aromatic N) is 7. The van der Waals surface area contributed by atoms with Gasteiger partial charge in [0.25, 0.3) is 0 Å². The zero-order chi connectivity index (χ0) is 28.7. The van der Waals surface area contributed by atoms with Gasteiger partial charge in [-0.25, -0.2) is 0 Å². The quantitative estimate of drug-likeness (QED) is 0.452. The molecule has 0 radical (unpaired) electrons. The molecule has 0 bridgehead atoms. The molecule has 0 saturated carbocycles. The van der Waals surface area contributed by atoms with Gasteiger partial charge >= 0.3 is 12.2 Å². The molecule has 0 aliphatic carbocycles. The van der Waals surface area contributed by atoms with Crippen LogP contribution >= 0.6 is 0 Å². The van der Waals surface area contributed by atoms with E-state index >= 15 is 0 Å². The predicted molar refractivity (Wildman–Crippen MR) is 148 cm³/mol. The second kappa shape index (κ2) is 10.8. The second-order valence-electron chi connectivity index (χ2n) is 10.8. The summed E-state index contributed by atoms with van der Waals surface area (Å²) in [5.74, 6) is 0.622. The number of aromatic amines is 1. The molecule has 3 aliphatic rings. The van der Waals surface area contributed by atoms with Crippen LogP contribution in [0.5, 0.6) is 6.01 Å². The Labute approximate surface area is 235 Å². The molecule has 2 aromatic heterocycles. The lowest BCUT2D eigenvalue weighted by Crippen LogP contribution is -2.49. The minimum atomic E-state index is -4.53. The van der Waals surface area contributed by atoms with Crippen molar-refractivity contribution < 1.29 is 22.7 Å². The largest absolute Gasteiger partial charge is 0.462 e. The van der Waals surface area contributed by atoms with Crippen molar-refractivity contribution in [1.29, 1.82) is 0 Å². The minimum absolute atomic E-state index is 0.0983. The molecule has 3 aromatic rings. The van der Waals surface area contributed by atoms with Crippen LogP contribution in [-0.4, -0.2) is 94.8 Å². The summed E-state index contributed by atoms with van der Waals surface area (Å²) in [5, 5.41) is 7.20. The van der Waals surface area contributed by atoms with Gasteiger partial charge in [0.2, 0.25) is 5.91 Å². The van der Waals surface area contributed by atoms with E-state index in [4.69, 9.17) is 14.7 Å². The van der Waals surface area contributed by atoms with Crippen molar-refractivity contribution in [2.45, 2.75) is 38.0 Å². The molecule has 1 unspecified atom stereocenters. The monoisotopic (exact) mass is 570 g/mol. The summed E-state index contributed by atoms with van der Waals surface area (Å²) in [7, 11) is 2.07. The average molecular weight is 571 g/mol. The van der Waals surface area contributed by atoms with Crippen LogP contribution in [0.4, 0.5) is 24.7 Å². The molecular formula is C28H33F3N8O2. The molecule has 13 heteroatoms. The zero-order valence-corrected chi connectivity index (χ0v) is 23.0. The Morgan fingerprint density at radius 3 is 2.66 bits per heavy atom. The van der Waals surface area contributed by atoms with E-state index in [9.17, 15) is 18.0 Å². The van der Waals surface area contributed by atoms with E-state index in [1.165, 1.54) is 18.3 Å². The first-order valence-corrected chi connectivity index (χ1v) is 13.9. The highest BCUT2D eigenvalue weighted by Crippen LogP contribution is 2.42. The number of carbonyl (C=O) groups excluding carboxylic acids is 1. The second-order valence-corrected chi connectivity index (χ2v) is 10.8. The van der Waals surface area contributed by atoms with Crippen LogP contribution in [-0.2, 0) is 23.9 Å². The lowest BCUT2D eigenvalue weighted by atomic mass is 10.0. The van der Waals surface area contributed by atoms with E-state index in [0.717, 1.165) is 36.8 Å². The van der Waals surface area contributed by atoms with E-state index in [0.29, 0.717) is 62.3 Å². The maximum absolute atomic E-state index is 14.2. The fraction of sp³-hybridized carbons (Fsp3) is 0.500. The Morgan fingerprint density at radius 1 is 1.15 bits per heavy atom. The molecular weight excluding hydrogens is 537 g/mol. The normalized spacial score (nSPS) is 20.0. The van der Waals surface area contributed by atoms with Gasteiger partial charge in [-0.3, -0.25) is 9.89 Å². The van der Waals surface area contributed by atoms with Crippen LogP contribution in [0.2, 0.25) is 0 Å². The van der Waals surface area contributed by atoms with Crippen molar-refractivity contribution in [3.05, 3.63) is 47.8 Å². The molecule has 2 saturated heterocycles. The Hall–Kier alpha value is -3.87. The number of nitrogens with one attached hydrogen (secondary N) is 1. The molecule has 10 nitrogen and oxygen atoms in total. The van der Waals surface area contributed by atoms with Gasteiger partial charge in [-0.05, 0) is 51.1 Å². The number of hydrogen-bond donors (Lipinski definition) is 1.